The van der Waals surface area contributed by atoms with Gasteiger partial charge < -0.3 is 15.8 Å². The molecule has 0 heterocycles. The van der Waals surface area contributed by atoms with Crippen LogP contribution in [0.5, 0.6) is 0 Å². The van der Waals surface area contributed by atoms with Crippen LogP contribution in [0.1, 0.15) is 41.5 Å². The molecule has 0 unspecified atom stereocenters. The fraction of sp³-hybridized carbons (Fsp3) is 0.556. The first-order chi connectivity index (χ1) is 11.2. The van der Waals surface area contributed by atoms with E-state index in [0.717, 1.165) is 24.5 Å². The summed E-state index contributed by atoms with van der Waals surface area (Å²) < 4.78 is 0. The van der Waals surface area contributed by atoms with E-state index >= 15 is 0 Å². The number of rotatable bonds is 9. The lowest BCUT2D eigenvalue weighted by atomic mass is 9.98. The summed E-state index contributed by atoms with van der Waals surface area (Å²) >= 11 is 0. The van der Waals surface area contributed by atoms with Gasteiger partial charge in [-0.1, -0.05) is 23.4 Å². The monoisotopic (exact) mass is 333 g/mol. The molecule has 0 aliphatic heterocycles. The van der Waals surface area contributed by atoms with Crippen LogP contribution in [0.25, 0.3) is 0 Å². The molecule has 0 radical (unpaired) electrons. The first kappa shape index (κ1) is 20.1. The standard InChI is InChI=1S/C18H31N5O/c1-14(21-22-16-10-8-7-9-11-16)17(3,4)19-12-13-20-18(5,6)15(2)23-24/h7-11,19-20,22,24H,12-13H2,1-6H3/b21-14+,23-15+. The summed E-state index contributed by atoms with van der Waals surface area (Å²) in [5.74, 6) is 0. The first-order valence-electron chi connectivity index (χ1n) is 8.24. The summed E-state index contributed by atoms with van der Waals surface area (Å²) in [4.78, 5) is 0. The van der Waals surface area contributed by atoms with Crippen LogP contribution < -0.4 is 16.1 Å². The quantitative estimate of drug-likeness (QED) is 0.242. The average molecular weight is 333 g/mol. The molecule has 0 saturated heterocycles. The molecule has 0 bridgehead atoms. The molecule has 0 fully saturated rings. The molecular weight excluding hydrogens is 302 g/mol. The van der Waals surface area contributed by atoms with Gasteiger partial charge in [-0.05, 0) is 53.7 Å². The molecule has 24 heavy (non-hydrogen) atoms. The third kappa shape index (κ3) is 6.29. The Hall–Kier alpha value is -1.92. The molecule has 6 heteroatoms. The molecule has 1 rings (SSSR count). The minimum absolute atomic E-state index is 0.228. The predicted molar refractivity (Wildman–Crippen MR) is 102 cm³/mol. The number of hydrogen-bond donors (Lipinski definition) is 4. The highest BCUT2D eigenvalue weighted by molar-refractivity contribution is 5.91. The summed E-state index contributed by atoms with van der Waals surface area (Å²) in [7, 11) is 0. The van der Waals surface area contributed by atoms with Crippen molar-refractivity contribution in [3.8, 4) is 0 Å². The predicted octanol–water partition coefficient (Wildman–Crippen LogP) is 3.06. The average Bonchev–Trinajstić information content (AvgIpc) is 2.56. The van der Waals surface area contributed by atoms with Crippen LogP contribution in [-0.2, 0) is 0 Å². The van der Waals surface area contributed by atoms with Crippen molar-refractivity contribution in [1.82, 2.24) is 10.6 Å². The van der Waals surface area contributed by atoms with E-state index in [1.807, 2.05) is 51.1 Å². The lowest BCUT2D eigenvalue weighted by Crippen LogP contribution is -2.52. The second kappa shape index (κ2) is 8.80. The van der Waals surface area contributed by atoms with E-state index in [1.165, 1.54) is 0 Å². The second-order valence-corrected chi connectivity index (χ2v) is 6.96. The fourth-order valence-corrected chi connectivity index (χ4v) is 1.93. The minimum atomic E-state index is -0.335. The highest BCUT2D eigenvalue weighted by Crippen LogP contribution is 2.09. The van der Waals surface area contributed by atoms with Gasteiger partial charge in [-0.15, -0.1) is 0 Å². The number of nitrogens with zero attached hydrogens (tertiary/aromatic N) is 2. The number of hydrazone groups is 1. The summed E-state index contributed by atoms with van der Waals surface area (Å²) in [5.41, 5.74) is 5.11. The molecule has 0 aliphatic rings. The molecule has 1 aromatic carbocycles. The molecule has 134 valence electrons. The molecule has 0 amide bonds. The molecule has 0 aliphatic carbocycles. The van der Waals surface area contributed by atoms with Crippen LogP contribution in [0, 0.1) is 0 Å². The van der Waals surface area contributed by atoms with E-state index in [-0.39, 0.29) is 11.1 Å². The van der Waals surface area contributed by atoms with Crippen molar-refractivity contribution in [3.63, 3.8) is 0 Å². The van der Waals surface area contributed by atoms with Gasteiger partial charge in [-0.2, -0.15) is 5.10 Å². The van der Waals surface area contributed by atoms with Crippen LogP contribution in [-0.4, -0.2) is 40.8 Å². The Kier molecular flexibility index (Phi) is 7.38. The number of para-hydroxylation sites is 1. The maximum absolute atomic E-state index is 8.89. The first-order valence-corrected chi connectivity index (χ1v) is 8.24. The van der Waals surface area contributed by atoms with Gasteiger partial charge in [-0.3, -0.25) is 5.43 Å². The third-order valence-corrected chi connectivity index (χ3v) is 4.34. The molecule has 0 aromatic heterocycles. The van der Waals surface area contributed by atoms with Gasteiger partial charge in [0.15, 0.2) is 0 Å². The fourth-order valence-electron chi connectivity index (χ4n) is 1.93. The van der Waals surface area contributed by atoms with Gasteiger partial charge in [0.05, 0.1) is 28.2 Å². The van der Waals surface area contributed by atoms with Crippen LogP contribution in [0.15, 0.2) is 40.6 Å². The Bertz CT molecular complexity index is 564. The van der Waals surface area contributed by atoms with Gasteiger partial charge in [0.1, 0.15) is 0 Å². The van der Waals surface area contributed by atoms with Crippen molar-refractivity contribution in [2.75, 3.05) is 18.5 Å². The summed E-state index contributed by atoms with van der Waals surface area (Å²) in [6.07, 6.45) is 0. The van der Waals surface area contributed by atoms with Gasteiger partial charge in [0.2, 0.25) is 0 Å². The van der Waals surface area contributed by atoms with E-state index < -0.39 is 0 Å². The topological polar surface area (TPSA) is 81.0 Å². The number of hydrogen-bond acceptors (Lipinski definition) is 6. The normalized spacial score (nSPS) is 13.9. The number of benzene rings is 1. The lowest BCUT2D eigenvalue weighted by molar-refractivity contribution is 0.310. The number of nitrogens with one attached hydrogen (secondary N) is 3. The highest BCUT2D eigenvalue weighted by atomic mass is 16.4. The zero-order valence-corrected chi connectivity index (χ0v) is 15.6. The smallest absolute Gasteiger partial charge is 0.0734 e. The van der Waals surface area contributed by atoms with Crippen LogP contribution in [0.2, 0.25) is 0 Å². The van der Waals surface area contributed by atoms with Crippen molar-refractivity contribution in [3.05, 3.63) is 30.3 Å². The molecule has 1 aromatic rings. The van der Waals surface area contributed by atoms with E-state index in [9.17, 15) is 0 Å². The zero-order valence-electron chi connectivity index (χ0n) is 15.6. The maximum atomic E-state index is 8.89. The minimum Gasteiger partial charge on any atom is -0.411 e. The van der Waals surface area contributed by atoms with Gasteiger partial charge >= 0.3 is 0 Å². The molecule has 0 atom stereocenters. The second-order valence-electron chi connectivity index (χ2n) is 6.96. The summed E-state index contributed by atoms with van der Waals surface area (Å²) in [6.45, 7) is 13.5. The largest absolute Gasteiger partial charge is 0.411 e. The van der Waals surface area contributed by atoms with E-state index in [1.54, 1.807) is 6.92 Å². The zero-order chi connectivity index (χ0) is 18.2. The number of anilines is 1. The Morgan fingerprint density at radius 2 is 1.42 bits per heavy atom. The maximum Gasteiger partial charge on any atom is 0.0734 e. The molecule has 0 saturated carbocycles. The van der Waals surface area contributed by atoms with Crippen LogP contribution >= 0.6 is 0 Å². The van der Waals surface area contributed by atoms with E-state index in [2.05, 4.69) is 40.2 Å². The van der Waals surface area contributed by atoms with Crippen LogP contribution in [0.4, 0.5) is 5.69 Å². The number of oxime groups is 1. The van der Waals surface area contributed by atoms with E-state index in [4.69, 9.17) is 5.21 Å². The van der Waals surface area contributed by atoms with E-state index in [0.29, 0.717) is 5.71 Å². The van der Waals surface area contributed by atoms with Crippen molar-refractivity contribution < 1.29 is 5.21 Å². The van der Waals surface area contributed by atoms with Crippen LogP contribution in [0.3, 0.4) is 0 Å². The van der Waals surface area contributed by atoms with Crippen molar-refractivity contribution >= 4 is 17.1 Å². The SMILES string of the molecule is C/C(=N\O)C(C)(C)NCCNC(C)(C)/C(C)=N/Nc1ccccc1. The molecular formula is C18H31N5O. The Morgan fingerprint density at radius 3 is 1.92 bits per heavy atom. The lowest BCUT2D eigenvalue weighted by Gasteiger charge is -2.29. The van der Waals surface area contributed by atoms with Crippen molar-refractivity contribution in [2.45, 2.75) is 52.6 Å². The van der Waals surface area contributed by atoms with Gasteiger partial charge in [-0.25, -0.2) is 0 Å². The van der Waals surface area contributed by atoms with Crippen molar-refractivity contribution in [1.29, 1.82) is 0 Å². The molecule has 6 nitrogen and oxygen atoms in total. The highest BCUT2D eigenvalue weighted by Gasteiger charge is 2.23. The summed E-state index contributed by atoms with van der Waals surface area (Å²) in [6, 6.07) is 9.89. The Balaban J connectivity index is 2.48. The van der Waals surface area contributed by atoms with Gasteiger partial charge in [0.25, 0.3) is 0 Å². The van der Waals surface area contributed by atoms with Gasteiger partial charge in [0, 0.05) is 13.1 Å². The third-order valence-electron chi connectivity index (χ3n) is 4.34. The Morgan fingerprint density at radius 1 is 0.917 bits per heavy atom. The van der Waals surface area contributed by atoms with Crippen molar-refractivity contribution in [2.24, 2.45) is 10.3 Å². The Labute approximate surface area is 145 Å². The summed E-state index contributed by atoms with van der Waals surface area (Å²) in [5, 5.41) is 23.5. The molecule has 4 N–H and O–H groups in total. The molecule has 0 spiro atoms.